The molecule has 3 aromatic rings. The summed E-state index contributed by atoms with van der Waals surface area (Å²) in [4.78, 5) is 54.1. The molecule has 0 aliphatic heterocycles. The van der Waals surface area contributed by atoms with E-state index in [0.717, 1.165) is 5.56 Å². The third-order valence-corrected chi connectivity index (χ3v) is 6.33. The Labute approximate surface area is 232 Å². The summed E-state index contributed by atoms with van der Waals surface area (Å²) in [5.74, 6) is -1.35. The number of aromatic nitrogens is 2. The summed E-state index contributed by atoms with van der Waals surface area (Å²) in [5.41, 5.74) is 4.08. The molecular weight excluding hydrogens is 516 g/mol. The Bertz CT molecular complexity index is 1400. The molecule has 212 valence electrons. The number of nitrogens with one attached hydrogen (secondary N) is 3. The molecule has 40 heavy (non-hydrogen) atoms. The second-order valence-electron chi connectivity index (χ2n) is 9.38. The average molecular weight is 551 g/mol. The molecule has 0 spiro atoms. The molecule has 1 aromatic heterocycles. The van der Waals surface area contributed by atoms with Gasteiger partial charge in [-0.25, -0.2) is 14.6 Å². The van der Waals surface area contributed by atoms with E-state index in [-0.39, 0.29) is 25.4 Å². The standard InChI is InChI=1S/C28H34N6O6/c1-17-8-6-7-9-21(17)31-28(39)32-22-11-10-20(12-25(22)40-5)13-26(36)33(4)14-23-18(2)34(16-29-23)15-24(27(37)38)30-19(3)35/h6-12,16,24H,13-15H2,1-5H3,(H,30,35)(H,37,38)(H2,31,32,39). The fourth-order valence-corrected chi connectivity index (χ4v) is 4.01. The predicted octanol–water partition coefficient (Wildman–Crippen LogP) is 2.94. The van der Waals surface area contributed by atoms with Crippen LogP contribution in [0.25, 0.3) is 0 Å². The van der Waals surface area contributed by atoms with Crippen LogP contribution in [0.4, 0.5) is 16.2 Å². The normalized spacial score (nSPS) is 11.3. The molecule has 4 N–H and O–H groups in total. The zero-order valence-electron chi connectivity index (χ0n) is 23.1. The van der Waals surface area contributed by atoms with Crippen LogP contribution in [0.3, 0.4) is 0 Å². The minimum Gasteiger partial charge on any atom is -0.495 e. The Morgan fingerprint density at radius 3 is 2.42 bits per heavy atom. The second-order valence-corrected chi connectivity index (χ2v) is 9.38. The van der Waals surface area contributed by atoms with Crippen LogP contribution in [0.15, 0.2) is 48.8 Å². The van der Waals surface area contributed by atoms with Gasteiger partial charge in [-0.1, -0.05) is 24.3 Å². The van der Waals surface area contributed by atoms with Crippen LogP contribution in [0.2, 0.25) is 0 Å². The Hall–Kier alpha value is -4.87. The molecule has 1 heterocycles. The Morgan fingerprint density at radius 1 is 1.07 bits per heavy atom. The number of aliphatic carboxylic acids is 1. The van der Waals surface area contributed by atoms with Crippen LogP contribution in [0.1, 0.15) is 29.4 Å². The molecule has 0 saturated carbocycles. The third-order valence-electron chi connectivity index (χ3n) is 6.33. The molecule has 0 radical (unpaired) electrons. The molecule has 1 unspecified atom stereocenters. The van der Waals surface area contributed by atoms with Crippen LogP contribution in [-0.4, -0.2) is 63.6 Å². The molecule has 0 bridgehead atoms. The predicted molar refractivity (Wildman–Crippen MR) is 149 cm³/mol. The van der Waals surface area contributed by atoms with E-state index in [9.17, 15) is 24.3 Å². The number of carboxylic acid groups (broad SMARTS) is 1. The number of urea groups is 1. The number of benzene rings is 2. The molecule has 0 aliphatic rings. The maximum absolute atomic E-state index is 13.0. The van der Waals surface area contributed by atoms with Crippen LogP contribution in [0, 0.1) is 13.8 Å². The Balaban J connectivity index is 1.62. The number of para-hydroxylation sites is 1. The van der Waals surface area contributed by atoms with Crippen molar-refractivity contribution in [1.82, 2.24) is 19.8 Å². The second kappa shape index (κ2) is 13.3. The van der Waals surface area contributed by atoms with Gasteiger partial charge in [0.2, 0.25) is 11.8 Å². The number of carboxylic acids is 1. The fraction of sp³-hybridized carbons (Fsp3) is 0.321. The molecule has 0 fully saturated rings. The lowest BCUT2D eigenvalue weighted by molar-refractivity contribution is -0.142. The summed E-state index contributed by atoms with van der Waals surface area (Å²) in [7, 11) is 3.14. The number of imidazole rings is 1. The number of nitrogens with zero attached hydrogens (tertiary/aromatic N) is 3. The smallest absolute Gasteiger partial charge is 0.328 e. The molecule has 0 aliphatic carbocycles. The minimum absolute atomic E-state index is 0.00850. The van der Waals surface area contributed by atoms with Crippen molar-refractivity contribution >= 4 is 35.2 Å². The number of hydrogen-bond acceptors (Lipinski definition) is 6. The summed E-state index contributed by atoms with van der Waals surface area (Å²) in [5, 5.41) is 17.3. The maximum atomic E-state index is 13.0. The zero-order valence-corrected chi connectivity index (χ0v) is 23.1. The lowest BCUT2D eigenvalue weighted by Crippen LogP contribution is -2.42. The van der Waals surface area contributed by atoms with E-state index < -0.39 is 23.9 Å². The van der Waals surface area contributed by atoms with Crippen molar-refractivity contribution in [2.75, 3.05) is 24.8 Å². The van der Waals surface area contributed by atoms with Gasteiger partial charge in [0.15, 0.2) is 0 Å². The van der Waals surface area contributed by atoms with Gasteiger partial charge >= 0.3 is 12.0 Å². The van der Waals surface area contributed by atoms with Crippen molar-refractivity contribution in [3.05, 3.63) is 71.3 Å². The van der Waals surface area contributed by atoms with E-state index in [4.69, 9.17) is 4.74 Å². The number of anilines is 2. The SMILES string of the molecule is COc1cc(CC(=O)N(C)Cc2ncn(CC(NC(C)=O)C(=O)O)c2C)ccc1NC(=O)Nc1ccccc1C. The van der Waals surface area contributed by atoms with Crippen molar-refractivity contribution < 1.29 is 29.0 Å². The summed E-state index contributed by atoms with van der Waals surface area (Å²) >= 11 is 0. The number of methoxy groups -OCH3 is 1. The molecule has 2 aromatic carbocycles. The highest BCUT2D eigenvalue weighted by Gasteiger charge is 2.21. The van der Waals surface area contributed by atoms with Gasteiger partial charge in [0, 0.05) is 25.4 Å². The highest BCUT2D eigenvalue weighted by molar-refractivity contribution is 6.01. The summed E-state index contributed by atoms with van der Waals surface area (Å²) in [6, 6.07) is 11.0. The first-order valence-corrected chi connectivity index (χ1v) is 12.5. The first-order valence-electron chi connectivity index (χ1n) is 12.5. The topological polar surface area (TPSA) is 155 Å². The molecule has 12 heteroatoms. The molecule has 1 atom stereocenters. The number of hydrogen-bond donors (Lipinski definition) is 4. The highest BCUT2D eigenvalue weighted by Crippen LogP contribution is 2.26. The number of carbonyl (C=O) groups is 4. The Morgan fingerprint density at radius 2 is 1.77 bits per heavy atom. The van der Waals surface area contributed by atoms with Crippen LogP contribution in [0.5, 0.6) is 5.75 Å². The van der Waals surface area contributed by atoms with Gasteiger partial charge in [-0.3, -0.25) is 9.59 Å². The summed E-state index contributed by atoms with van der Waals surface area (Å²) in [6.07, 6.45) is 1.58. The van der Waals surface area contributed by atoms with Crippen molar-refractivity contribution in [3.63, 3.8) is 0 Å². The van der Waals surface area contributed by atoms with Gasteiger partial charge in [0.25, 0.3) is 0 Å². The molecular formula is C28H34N6O6. The van der Waals surface area contributed by atoms with E-state index in [0.29, 0.717) is 34.1 Å². The van der Waals surface area contributed by atoms with Gasteiger partial charge < -0.3 is 35.3 Å². The maximum Gasteiger partial charge on any atom is 0.328 e. The zero-order chi connectivity index (χ0) is 29.4. The number of aryl methyl sites for hydroxylation is 1. The Kier molecular flexibility index (Phi) is 9.85. The third kappa shape index (κ3) is 7.82. The first-order chi connectivity index (χ1) is 19.0. The summed E-state index contributed by atoms with van der Waals surface area (Å²) < 4.78 is 7.07. The molecule has 12 nitrogen and oxygen atoms in total. The average Bonchev–Trinajstić information content (AvgIpc) is 3.23. The van der Waals surface area contributed by atoms with Crippen molar-refractivity contribution in [3.8, 4) is 5.75 Å². The van der Waals surface area contributed by atoms with Gasteiger partial charge in [-0.2, -0.15) is 0 Å². The number of carbonyl (C=O) groups excluding carboxylic acids is 3. The fourth-order valence-electron chi connectivity index (χ4n) is 4.01. The number of amides is 4. The van der Waals surface area contributed by atoms with Crippen LogP contribution >= 0.6 is 0 Å². The largest absolute Gasteiger partial charge is 0.495 e. The van der Waals surface area contributed by atoms with Gasteiger partial charge in [-0.05, 0) is 43.2 Å². The number of likely N-dealkylation sites (N-methyl/N-ethyl adjacent to an activating group) is 1. The number of rotatable bonds is 11. The van der Waals surface area contributed by atoms with Crippen molar-refractivity contribution in [2.45, 2.75) is 46.3 Å². The quantitative estimate of drug-likeness (QED) is 0.286. The van der Waals surface area contributed by atoms with Gasteiger partial charge in [0.1, 0.15) is 11.8 Å². The van der Waals surface area contributed by atoms with E-state index in [1.54, 1.807) is 36.7 Å². The lowest BCUT2D eigenvalue weighted by Gasteiger charge is -2.18. The number of ether oxygens (including phenoxy) is 1. The first kappa shape index (κ1) is 29.7. The van der Waals surface area contributed by atoms with Gasteiger partial charge in [0.05, 0.1) is 44.3 Å². The van der Waals surface area contributed by atoms with Crippen LogP contribution < -0.4 is 20.7 Å². The monoisotopic (exact) mass is 550 g/mol. The van der Waals surface area contributed by atoms with Crippen molar-refractivity contribution in [1.29, 1.82) is 0 Å². The molecule has 0 saturated heterocycles. The van der Waals surface area contributed by atoms with E-state index in [2.05, 4.69) is 20.9 Å². The van der Waals surface area contributed by atoms with Crippen LogP contribution in [-0.2, 0) is 33.9 Å². The molecule has 4 amide bonds. The van der Waals surface area contributed by atoms with E-state index in [1.165, 1.54) is 25.3 Å². The lowest BCUT2D eigenvalue weighted by atomic mass is 10.1. The minimum atomic E-state index is -1.15. The molecule has 3 rings (SSSR count). The highest BCUT2D eigenvalue weighted by atomic mass is 16.5. The van der Waals surface area contributed by atoms with E-state index in [1.807, 2.05) is 31.2 Å². The van der Waals surface area contributed by atoms with Gasteiger partial charge in [-0.15, -0.1) is 0 Å². The van der Waals surface area contributed by atoms with Crippen molar-refractivity contribution in [2.24, 2.45) is 0 Å². The van der Waals surface area contributed by atoms with E-state index >= 15 is 0 Å². The summed E-state index contributed by atoms with van der Waals surface area (Å²) in [6.45, 7) is 5.15.